The van der Waals surface area contributed by atoms with E-state index in [9.17, 15) is 0 Å². The fraction of sp³-hybridized carbons (Fsp3) is 0.161. The van der Waals surface area contributed by atoms with Gasteiger partial charge in [-0.3, -0.25) is 17.8 Å². The van der Waals surface area contributed by atoms with Crippen molar-refractivity contribution in [2.45, 2.75) is 48.0 Å². The van der Waals surface area contributed by atoms with Crippen LogP contribution in [0.2, 0.25) is 0 Å². The lowest BCUT2D eigenvalue weighted by Crippen LogP contribution is -1.90. The smallest absolute Gasteiger partial charge is 0.215 e. The van der Waals surface area contributed by atoms with Crippen LogP contribution in [0.25, 0.3) is 100 Å². The summed E-state index contributed by atoms with van der Waals surface area (Å²) in [6, 6.07) is 66.7. The molecule has 0 radical (unpaired) electrons. The molecule has 0 spiro atoms. The van der Waals surface area contributed by atoms with E-state index in [-0.39, 0.29) is 0 Å². The van der Waals surface area contributed by atoms with E-state index >= 15 is 0 Å². The third-order valence-corrected chi connectivity index (χ3v) is 13.2. The molecule has 15 aromatic rings. The lowest BCUT2D eigenvalue weighted by Gasteiger charge is -2.02. The number of hydrogen-bond acceptors (Lipinski definition) is 4. The number of para-hydroxylation sites is 15. The summed E-state index contributed by atoms with van der Waals surface area (Å²) in [7, 11) is 6.18. The highest BCUT2D eigenvalue weighted by atomic mass is 15.2. The molecule has 7 aromatic heterocycles. The van der Waals surface area contributed by atoms with Crippen LogP contribution >= 0.6 is 0 Å². The Labute approximate surface area is 424 Å². The van der Waals surface area contributed by atoms with E-state index < -0.39 is 0 Å². The van der Waals surface area contributed by atoms with Gasteiger partial charge >= 0.3 is 0 Å². The van der Waals surface area contributed by atoms with Gasteiger partial charge in [-0.1, -0.05) is 145 Å². The lowest BCUT2D eigenvalue weighted by atomic mass is 10.1. The highest BCUT2D eigenvalue weighted by molar-refractivity contribution is 5.93. The van der Waals surface area contributed by atoms with E-state index in [4.69, 9.17) is 0 Å². The third-order valence-electron chi connectivity index (χ3n) is 13.2. The fourth-order valence-corrected chi connectivity index (χ4v) is 10.1. The predicted octanol–water partition coefficient (Wildman–Crippen LogP) is 14.9. The minimum absolute atomic E-state index is 0.949. The van der Waals surface area contributed by atoms with Crippen molar-refractivity contribution in [1.82, 2.24) is 51.4 Å². The Morgan fingerprint density at radius 1 is 0.288 bits per heavy atom. The minimum Gasteiger partial charge on any atom is -0.313 e. The second kappa shape index (κ2) is 20.4. The topological polar surface area (TPSA) is 84.5 Å². The largest absolute Gasteiger partial charge is 0.313 e. The van der Waals surface area contributed by atoms with E-state index in [0.717, 1.165) is 51.6 Å². The van der Waals surface area contributed by atoms with E-state index in [1.54, 1.807) is 0 Å². The number of hydrogen-bond donors (Lipinski definition) is 0. The zero-order chi connectivity index (χ0) is 50.8. The van der Waals surface area contributed by atoms with Crippen LogP contribution in [0.1, 0.15) is 52.9 Å². The van der Waals surface area contributed by atoms with E-state index in [2.05, 4.69) is 242 Å². The first-order chi connectivity index (χ1) is 36.0. The molecule has 16 rings (SSSR count). The van der Waals surface area contributed by atoms with Crippen LogP contribution in [-0.2, 0) is 27.6 Å². The molecule has 0 fully saturated rings. The van der Waals surface area contributed by atoms with Gasteiger partial charge in [0.25, 0.3) is 0 Å². The number of nitrogens with zero attached hydrogens (tertiary/aromatic N) is 11. The maximum absolute atomic E-state index is 4.68. The maximum atomic E-state index is 4.68. The van der Waals surface area contributed by atoms with E-state index in [1.807, 2.05) is 65.8 Å². The Morgan fingerprint density at radius 2 is 0.562 bits per heavy atom. The monoisotopic (exact) mass is 960 g/mol. The molecule has 0 amide bonds. The van der Waals surface area contributed by atoms with Gasteiger partial charge in [0.2, 0.25) is 17.3 Å². The molecule has 0 atom stereocenters. The zero-order valence-electron chi connectivity index (χ0n) is 43.1. The molecule has 0 saturated carbocycles. The summed E-state index contributed by atoms with van der Waals surface area (Å²) in [4.78, 5) is 18.7. The molecule has 364 valence electrons. The summed E-state index contributed by atoms with van der Waals surface area (Å²) in [5.41, 5.74) is 18.8. The fourth-order valence-electron chi connectivity index (χ4n) is 10.1. The maximum Gasteiger partial charge on any atom is 0.215 e. The summed E-state index contributed by atoms with van der Waals surface area (Å²) in [6.45, 7) is 12.0. The molecule has 8 heterocycles. The first-order valence-corrected chi connectivity index (χ1v) is 25.5. The molecule has 1 aliphatic heterocycles. The number of aryl methyl sites for hydroxylation is 3. The van der Waals surface area contributed by atoms with Crippen molar-refractivity contribution in [2.75, 3.05) is 0 Å². The Balaban J connectivity index is 0.000000108. The van der Waals surface area contributed by atoms with Crippen molar-refractivity contribution in [3.63, 3.8) is 0 Å². The van der Waals surface area contributed by atoms with Crippen LogP contribution in [0.3, 0.4) is 0 Å². The van der Waals surface area contributed by atoms with Gasteiger partial charge in [0.05, 0.1) is 82.9 Å². The molecule has 73 heavy (non-hydrogen) atoms. The standard InChI is InChI=1S/3C14H11N3.C14H10N2.3C2H6/c3*1-16-12-8-4-5-9-13(12)17-11-7-3-2-6-10(11)15-14(16)17;1-3-7-12-10(5-1)9-14-15-11-6-2-4-8-13(11)16(12)14;3*1-2/h3*2-9H,1H3;1-8H,9H2;3*1-2H3. The van der Waals surface area contributed by atoms with E-state index in [0.29, 0.717) is 0 Å². The van der Waals surface area contributed by atoms with Crippen LogP contribution < -0.4 is 0 Å². The number of aromatic nitrogens is 11. The highest BCUT2D eigenvalue weighted by Gasteiger charge is 2.21. The molecule has 11 nitrogen and oxygen atoms in total. The van der Waals surface area contributed by atoms with Crippen molar-refractivity contribution in [1.29, 1.82) is 0 Å². The number of fused-ring (bicyclic) bond motifs is 20. The first-order valence-electron chi connectivity index (χ1n) is 25.5. The van der Waals surface area contributed by atoms with Crippen LogP contribution in [0.15, 0.2) is 194 Å². The molecule has 0 N–H and O–H groups in total. The van der Waals surface area contributed by atoms with Gasteiger partial charge in [-0.15, -0.1) is 0 Å². The SMILES string of the molecule is CC.CC.CC.Cn1c2ccccc2n2c3ccccc3nc12.Cn1c2ccccc2n2c3ccccc3nc12.Cn1c2ccccc2n2c3ccccc3nc12.c1ccc2c(c1)Cc1nc3ccccc3n1-2. The van der Waals surface area contributed by atoms with Gasteiger partial charge < -0.3 is 13.7 Å². The average molecular weight is 960 g/mol. The Hall–Kier alpha value is -8.96. The second-order valence-corrected chi connectivity index (χ2v) is 17.0. The molecule has 11 heteroatoms. The second-order valence-electron chi connectivity index (χ2n) is 17.0. The van der Waals surface area contributed by atoms with Gasteiger partial charge in [0, 0.05) is 27.6 Å². The van der Waals surface area contributed by atoms with Crippen molar-refractivity contribution in [3.8, 4) is 5.69 Å². The lowest BCUT2D eigenvalue weighted by molar-refractivity contribution is 0.973. The summed E-state index contributed by atoms with van der Waals surface area (Å²) >= 11 is 0. The number of imidazole rings is 7. The van der Waals surface area contributed by atoms with Gasteiger partial charge in [-0.25, -0.2) is 19.9 Å². The third kappa shape index (κ3) is 8.03. The van der Waals surface area contributed by atoms with Crippen molar-refractivity contribution in [3.05, 3.63) is 206 Å². The van der Waals surface area contributed by atoms with Gasteiger partial charge in [-0.05, 0) is 96.6 Å². The molecule has 0 aliphatic carbocycles. The minimum atomic E-state index is 0.949. The van der Waals surface area contributed by atoms with Gasteiger partial charge in [0.15, 0.2) is 0 Å². The normalized spacial score (nSPS) is 11.3. The van der Waals surface area contributed by atoms with Gasteiger partial charge in [0.1, 0.15) is 5.82 Å². The Kier molecular flexibility index (Phi) is 13.3. The molecule has 0 unspecified atom stereocenters. The van der Waals surface area contributed by atoms with Gasteiger partial charge in [-0.2, -0.15) is 0 Å². The molecular weight excluding hydrogens is 899 g/mol. The van der Waals surface area contributed by atoms with Crippen molar-refractivity contribution < 1.29 is 0 Å². The molecular formula is C62H61N11. The molecule has 8 aromatic carbocycles. The summed E-state index contributed by atoms with van der Waals surface area (Å²) in [5, 5.41) is 0. The first kappa shape index (κ1) is 47.7. The quantitative estimate of drug-likeness (QED) is 0.152. The molecule has 0 bridgehead atoms. The van der Waals surface area contributed by atoms with Crippen LogP contribution in [0.5, 0.6) is 0 Å². The summed E-state index contributed by atoms with van der Waals surface area (Å²) < 4.78 is 15.3. The number of benzene rings is 8. The van der Waals surface area contributed by atoms with Crippen molar-refractivity contribution in [2.24, 2.45) is 21.1 Å². The highest BCUT2D eigenvalue weighted by Crippen LogP contribution is 2.32. The summed E-state index contributed by atoms with van der Waals surface area (Å²) in [5.74, 6) is 4.13. The number of rotatable bonds is 0. The van der Waals surface area contributed by atoms with Crippen LogP contribution in [0.4, 0.5) is 0 Å². The van der Waals surface area contributed by atoms with Crippen LogP contribution in [0, 0.1) is 0 Å². The zero-order valence-corrected chi connectivity index (χ0v) is 43.1. The average Bonchev–Trinajstić information content (AvgIpc) is 4.35. The molecule has 0 saturated heterocycles. The Morgan fingerprint density at radius 3 is 0.932 bits per heavy atom. The molecule has 1 aliphatic rings. The summed E-state index contributed by atoms with van der Waals surface area (Å²) in [6.07, 6.45) is 0.949. The Bertz CT molecular complexity index is 4030. The predicted molar refractivity (Wildman–Crippen MR) is 305 cm³/mol. The van der Waals surface area contributed by atoms with Crippen molar-refractivity contribution >= 4 is 94.6 Å². The van der Waals surface area contributed by atoms with Crippen LogP contribution in [-0.4, -0.2) is 51.4 Å². The van der Waals surface area contributed by atoms with E-state index in [1.165, 1.54) is 66.4 Å².